The zero-order chi connectivity index (χ0) is 16.3. The van der Waals surface area contributed by atoms with Crippen molar-refractivity contribution in [2.75, 3.05) is 12.3 Å². The first-order valence-corrected chi connectivity index (χ1v) is 8.84. The number of hydrogen-bond acceptors (Lipinski definition) is 4. The highest BCUT2D eigenvalue weighted by Gasteiger charge is 2.28. The first-order valence-electron chi connectivity index (χ1n) is 7.85. The largest absolute Gasteiger partial charge is 0.356 e. The van der Waals surface area contributed by atoms with Crippen LogP contribution >= 0.6 is 11.8 Å². The molecule has 2 heterocycles. The van der Waals surface area contributed by atoms with Gasteiger partial charge >= 0.3 is 0 Å². The number of hydrogen-bond donors (Lipinski definition) is 1. The third-order valence-electron chi connectivity index (χ3n) is 3.76. The minimum atomic E-state index is -0.158. The minimum absolute atomic E-state index is 0.0402. The molecule has 1 aromatic heterocycles. The predicted molar refractivity (Wildman–Crippen MR) is 89.3 cm³/mol. The summed E-state index contributed by atoms with van der Waals surface area (Å²) in [5.41, 5.74) is 0.597. The van der Waals surface area contributed by atoms with Crippen LogP contribution < -0.4 is 10.9 Å². The molecule has 0 saturated carbocycles. The number of carbonyl (C=O) groups excluding carboxylic acids is 1. The minimum Gasteiger partial charge on any atom is -0.356 e. The van der Waals surface area contributed by atoms with Crippen molar-refractivity contribution in [3.8, 4) is 0 Å². The van der Waals surface area contributed by atoms with E-state index in [1.807, 2.05) is 20.8 Å². The van der Waals surface area contributed by atoms with Gasteiger partial charge in [-0.05, 0) is 6.42 Å². The second-order valence-electron chi connectivity index (χ2n) is 6.78. The second-order valence-corrected chi connectivity index (χ2v) is 7.76. The Morgan fingerprint density at radius 2 is 2.23 bits per heavy atom. The molecule has 0 bridgehead atoms. The first kappa shape index (κ1) is 17.1. The van der Waals surface area contributed by atoms with Crippen LogP contribution in [-0.4, -0.2) is 27.8 Å². The van der Waals surface area contributed by atoms with Gasteiger partial charge in [-0.25, -0.2) is 4.98 Å². The number of nitrogens with zero attached hydrogens (tertiary/aromatic N) is 2. The molecule has 0 saturated heterocycles. The van der Waals surface area contributed by atoms with Crippen LogP contribution in [-0.2, 0) is 16.8 Å². The summed E-state index contributed by atoms with van der Waals surface area (Å²) in [6, 6.07) is 1.60. The normalized spacial score (nSPS) is 17.9. The lowest BCUT2D eigenvalue weighted by molar-refractivity contribution is -0.124. The summed E-state index contributed by atoms with van der Waals surface area (Å²) in [7, 11) is 0. The molecule has 0 spiro atoms. The maximum absolute atomic E-state index is 12.3. The number of nitrogens with one attached hydrogen (secondary N) is 1. The van der Waals surface area contributed by atoms with Crippen molar-refractivity contribution in [3.05, 3.63) is 22.1 Å². The molecule has 1 atom stereocenters. The number of rotatable bonds is 4. The lowest BCUT2D eigenvalue weighted by Crippen LogP contribution is -2.40. The van der Waals surface area contributed by atoms with Crippen molar-refractivity contribution in [2.45, 2.75) is 57.7 Å². The Morgan fingerprint density at radius 1 is 1.50 bits per heavy atom. The molecule has 0 fully saturated rings. The van der Waals surface area contributed by atoms with Crippen LogP contribution in [0.3, 0.4) is 0 Å². The van der Waals surface area contributed by atoms with E-state index in [1.54, 1.807) is 10.6 Å². The fourth-order valence-electron chi connectivity index (χ4n) is 2.29. The second kappa shape index (κ2) is 6.86. The van der Waals surface area contributed by atoms with Crippen molar-refractivity contribution in [3.63, 3.8) is 0 Å². The maximum atomic E-state index is 12.3. The van der Waals surface area contributed by atoms with Crippen molar-refractivity contribution in [1.82, 2.24) is 14.9 Å². The molecule has 0 aliphatic carbocycles. The molecule has 1 amide bonds. The Labute approximate surface area is 135 Å². The van der Waals surface area contributed by atoms with E-state index in [4.69, 9.17) is 0 Å². The number of thioether (sulfide) groups is 1. The molecule has 1 aliphatic rings. The van der Waals surface area contributed by atoms with Crippen molar-refractivity contribution < 1.29 is 4.79 Å². The molecule has 1 aromatic rings. The van der Waals surface area contributed by atoms with E-state index in [0.29, 0.717) is 18.8 Å². The summed E-state index contributed by atoms with van der Waals surface area (Å²) in [5.74, 6) is 0.561. The molecule has 1 unspecified atom stereocenters. The summed E-state index contributed by atoms with van der Waals surface area (Å²) in [6.07, 6.45) is 2.04. The standard InChI is InChI=1S/C16H25N3O2S/c1-5-6-7-17-14(21)11-9-19-13(20)8-12(16(2,3)4)18-15(19)22-10-11/h8,11H,5-7,9-10H2,1-4H3,(H,17,21). The monoisotopic (exact) mass is 323 g/mol. The third-order valence-corrected chi connectivity index (χ3v) is 4.90. The highest BCUT2D eigenvalue weighted by molar-refractivity contribution is 7.99. The van der Waals surface area contributed by atoms with Crippen molar-refractivity contribution in [2.24, 2.45) is 5.92 Å². The van der Waals surface area contributed by atoms with Crippen LogP contribution in [0.25, 0.3) is 0 Å². The lowest BCUT2D eigenvalue weighted by atomic mass is 9.92. The Kier molecular flexibility index (Phi) is 5.32. The quantitative estimate of drug-likeness (QED) is 0.681. The number of fused-ring (bicyclic) bond motifs is 1. The number of carbonyl (C=O) groups is 1. The van der Waals surface area contributed by atoms with E-state index < -0.39 is 0 Å². The highest BCUT2D eigenvalue weighted by atomic mass is 32.2. The van der Waals surface area contributed by atoms with Crippen LogP contribution in [0.4, 0.5) is 0 Å². The summed E-state index contributed by atoms with van der Waals surface area (Å²) in [6.45, 7) is 9.36. The maximum Gasteiger partial charge on any atom is 0.254 e. The van der Waals surface area contributed by atoms with Gasteiger partial charge in [0, 0.05) is 30.3 Å². The van der Waals surface area contributed by atoms with Crippen molar-refractivity contribution >= 4 is 17.7 Å². The van der Waals surface area contributed by atoms with E-state index >= 15 is 0 Å². The fraction of sp³-hybridized carbons (Fsp3) is 0.688. The van der Waals surface area contributed by atoms with Gasteiger partial charge in [-0.15, -0.1) is 0 Å². The molecule has 2 rings (SSSR count). The molecule has 5 nitrogen and oxygen atoms in total. The molecular weight excluding hydrogens is 298 g/mol. The topological polar surface area (TPSA) is 64.0 Å². The lowest BCUT2D eigenvalue weighted by Gasteiger charge is -2.26. The first-order chi connectivity index (χ1) is 10.3. The average molecular weight is 323 g/mol. The SMILES string of the molecule is CCCCNC(=O)C1CSc2nc(C(C)(C)C)cc(=O)n2C1. The van der Waals surface area contributed by atoms with Gasteiger partial charge in [-0.1, -0.05) is 45.9 Å². The van der Waals surface area contributed by atoms with Gasteiger partial charge in [0.2, 0.25) is 5.91 Å². The number of amides is 1. The smallest absolute Gasteiger partial charge is 0.254 e. The molecule has 6 heteroatoms. The van der Waals surface area contributed by atoms with Gasteiger partial charge in [0.15, 0.2) is 5.16 Å². The van der Waals surface area contributed by atoms with Crippen LogP contribution in [0, 0.1) is 5.92 Å². The van der Waals surface area contributed by atoms with Gasteiger partial charge < -0.3 is 5.32 Å². The Bertz CT molecular complexity index is 604. The molecule has 1 aliphatic heterocycles. The van der Waals surface area contributed by atoms with E-state index in [1.165, 1.54) is 11.8 Å². The molecule has 0 radical (unpaired) electrons. The van der Waals surface area contributed by atoms with E-state index in [2.05, 4.69) is 17.2 Å². The van der Waals surface area contributed by atoms with Crippen molar-refractivity contribution in [1.29, 1.82) is 0 Å². The van der Waals surface area contributed by atoms with Gasteiger partial charge in [-0.3, -0.25) is 14.2 Å². The molecular formula is C16H25N3O2S. The summed E-state index contributed by atoms with van der Waals surface area (Å²) < 4.78 is 1.63. The number of aromatic nitrogens is 2. The number of unbranched alkanes of at least 4 members (excludes halogenated alkanes) is 1. The molecule has 1 N–H and O–H groups in total. The Hall–Kier alpha value is -1.30. The van der Waals surface area contributed by atoms with Crippen LogP contribution in [0.1, 0.15) is 46.2 Å². The summed E-state index contributed by atoms with van der Waals surface area (Å²) >= 11 is 1.50. The van der Waals surface area contributed by atoms with E-state index in [-0.39, 0.29) is 22.8 Å². The van der Waals surface area contributed by atoms with Gasteiger partial charge in [0.25, 0.3) is 5.56 Å². The fourth-order valence-corrected chi connectivity index (χ4v) is 3.38. The highest BCUT2D eigenvalue weighted by Crippen LogP contribution is 2.27. The molecule has 122 valence electrons. The Balaban J connectivity index is 2.14. The van der Waals surface area contributed by atoms with Gasteiger partial charge in [-0.2, -0.15) is 0 Å². The molecule has 0 aromatic carbocycles. The zero-order valence-corrected chi connectivity index (χ0v) is 14.6. The van der Waals surface area contributed by atoms with Crippen LogP contribution in [0.5, 0.6) is 0 Å². The summed E-state index contributed by atoms with van der Waals surface area (Å²) in [5, 5.41) is 3.68. The van der Waals surface area contributed by atoms with Gasteiger partial charge in [0.05, 0.1) is 11.6 Å². The van der Waals surface area contributed by atoms with E-state index in [9.17, 15) is 9.59 Å². The third kappa shape index (κ3) is 3.91. The zero-order valence-electron chi connectivity index (χ0n) is 13.8. The average Bonchev–Trinajstić information content (AvgIpc) is 2.46. The Morgan fingerprint density at radius 3 is 2.86 bits per heavy atom. The van der Waals surface area contributed by atoms with Gasteiger partial charge in [0.1, 0.15) is 0 Å². The molecule has 22 heavy (non-hydrogen) atoms. The predicted octanol–water partition coefficient (Wildman–Crippen LogP) is 2.18. The summed E-state index contributed by atoms with van der Waals surface area (Å²) in [4.78, 5) is 29.1. The van der Waals surface area contributed by atoms with Crippen LogP contribution in [0.2, 0.25) is 0 Å². The van der Waals surface area contributed by atoms with E-state index in [0.717, 1.165) is 23.7 Å². The van der Waals surface area contributed by atoms with Crippen LogP contribution in [0.15, 0.2) is 16.0 Å².